The Hall–Kier alpha value is -1.88. The van der Waals surface area contributed by atoms with Gasteiger partial charge in [0.2, 0.25) is 11.8 Å². The number of nitrogens with one attached hydrogen (secondary N) is 2. The van der Waals surface area contributed by atoms with E-state index >= 15 is 0 Å². The predicted molar refractivity (Wildman–Crippen MR) is 86.2 cm³/mol. The first kappa shape index (κ1) is 17.2. The topological polar surface area (TPSA) is 84.2 Å². The summed E-state index contributed by atoms with van der Waals surface area (Å²) < 4.78 is 0. The molecule has 4 N–H and O–H groups in total. The van der Waals surface area contributed by atoms with Crippen LogP contribution in [0.5, 0.6) is 0 Å². The lowest BCUT2D eigenvalue weighted by molar-refractivity contribution is -0.123. The smallest absolute Gasteiger partial charge is 0.229 e. The quantitative estimate of drug-likeness (QED) is 0.779. The van der Waals surface area contributed by atoms with E-state index in [0.29, 0.717) is 30.8 Å². The van der Waals surface area contributed by atoms with Crippen LogP contribution in [0, 0.1) is 12.3 Å². The third kappa shape index (κ3) is 5.55. The molecule has 0 saturated carbocycles. The zero-order chi connectivity index (χ0) is 16.0. The second kappa shape index (κ2) is 7.22. The van der Waals surface area contributed by atoms with Gasteiger partial charge in [0.15, 0.2) is 0 Å². The average molecular weight is 291 g/mol. The summed E-state index contributed by atoms with van der Waals surface area (Å²) in [5.74, 6) is -0.130. The largest absolute Gasteiger partial charge is 0.330 e. The van der Waals surface area contributed by atoms with Gasteiger partial charge >= 0.3 is 0 Å². The molecule has 0 aliphatic rings. The molecule has 0 aliphatic carbocycles. The first-order valence-electron chi connectivity index (χ1n) is 7.16. The van der Waals surface area contributed by atoms with Crippen LogP contribution in [0.15, 0.2) is 18.2 Å². The van der Waals surface area contributed by atoms with Gasteiger partial charge in [-0.25, -0.2) is 0 Å². The molecule has 1 rings (SSSR count). The Kier molecular flexibility index (Phi) is 5.90. The molecular weight excluding hydrogens is 266 g/mol. The number of amides is 2. The minimum Gasteiger partial charge on any atom is -0.330 e. The molecule has 1 aromatic carbocycles. The van der Waals surface area contributed by atoms with E-state index in [0.717, 1.165) is 5.56 Å². The summed E-state index contributed by atoms with van der Waals surface area (Å²) in [6.45, 7) is 7.98. The number of hydrogen-bond donors (Lipinski definition) is 3. The second-order valence-corrected chi connectivity index (χ2v) is 6.17. The Bertz CT molecular complexity index is 519. The van der Waals surface area contributed by atoms with Gasteiger partial charge in [0.05, 0.1) is 0 Å². The van der Waals surface area contributed by atoms with E-state index in [1.54, 1.807) is 6.07 Å². The van der Waals surface area contributed by atoms with E-state index in [1.165, 1.54) is 0 Å². The second-order valence-electron chi connectivity index (χ2n) is 6.17. The summed E-state index contributed by atoms with van der Waals surface area (Å²) in [6.07, 6.45) is 1.05. The lowest BCUT2D eigenvalue weighted by Gasteiger charge is -2.19. The maximum Gasteiger partial charge on any atom is 0.229 e. The normalized spacial score (nSPS) is 11.1. The number of anilines is 2. The van der Waals surface area contributed by atoms with Crippen LogP contribution in [0.4, 0.5) is 11.4 Å². The van der Waals surface area contributed by atoms with Gasteiger partial charge in [0, 0.05) is 23.2 Å². The molecule has 0 aromatic heterocycles. The molecule has 0 fully saturated rings. The summed E-state index contributed by atoms with van der Waals surface area (Å²) >= 11 is 0. The number of carbonyl (C=O) groups is 2. The molecular formula is C16H25N3O2. The highest BCUT2D eigenvalue weighted by atomic mass is 16.2. The molecule has 116 valence electrons. The predicted octanol–water partition coefficient (Wildman–Crippen LogP) is 2.66. The standard InChI is InChI=1S/C16H25N3O2/c1-11-7-8-12(18-14(20)6-5-9-17)10-13(11)19-15(21)16(2,3)4/h7-8,10H,5-6,9,17H2,1-4H3,(H,18,20)(H,19,21). The Morgan fingerprint density at radius 3 is 2.43 bits per heavy atom. The highest BCUT2D eigenvalue weighted by molar-refractivity contribution is 5.97. The van der Waals surface area contributed by atoms with Crippen molar-refractivity contribution in [3.63, 3.8) is 0 Å². The molecule has 0 atom stereocenters. The lowest BCUT2D eigenvalue weighted by Crippen LogP contribution is -2.28. The van der Waals surface area contributed by atoms with Gasteiger partial charge in [-0.05, 0) is 37.6 Å². The van der Waals surface area contributed by atoms with E-state index in [9.17, 15) is 9.59 Å². The van der Waals surface area contributed by atoms with Crippen molar-refractivity contribution in [1.29, 1.82) is 0 Å². The Balaban J connectivity index is 2.80. The molecule has 0 aliphatic heterocycles. The summed E-state index contributed by atoms with van der Waals surface area (Å²) in [5.41, 5.74) is 7.26. The van der Waals surface area contributed by atoms with E-state index in [-0.39, 0.29) is 11.8 Å². The molecule has 0 bridgehead atoms. The molecule has 0 radical (unpaired) electrons. The number of aryl methyl sites for hydroxylation is 1. The van der Waals surface area contributed by atoms with Gasteiger partial charge in [0.1, 0.15) is 0 Å². The fourth-order valence-electron chi connectivity index (χ4n) is 1.63. The van der Waals surface area contributed by atoms with Crippen LogP contribution in [0.25, 0.3) is 0 Å². The Morgan fingerprint density at radius 2 is 1.86 bits per heavy atom. The van der Waals surface area contributed by atoms with Crippen LogP contribution in [-0.2, 0) is 9.59 Å². The highest BCUT2D eigenvalue weighted by Crippen LogP contribution is 2.23. The molecule has 2 amide bonds. The molecule has 1 aromatic rings. The van der Waals surface area contributed by atoms with E-state index in [2.05, 4.69) is 10.6 Å². The van der Waals surface area contributed by atoms with Crippen molar-refractivity contribution < 1.29 is 9.59 Å². The van der Waals surface area contributed by atoms with Crippen molar-refractivity contribution >= 4 is 23.2 Å². The van der Waals surface area contributed by atoms with Gasteiger partial charge in [-0.15, -0.1) is 0 Å². The van der Waals surface area contributed by atoms with Gasteiger partial charge in [0.25, 0.3) is 0 Å². The fraction of sp³-hybridized carbons (Fsp3) is 0.500. The van der Waals surface area contributed by atoms with Crippen molar-refractivity contribution in [1.82, 2.24) is 0 Å². The minimum atomic E-state index is -0.465. The van der Waals surface area contributed by atoms with Crippen molar-refractivity contribution in [2.45, 2.75) is 40.5 Å². The lowest BCUT2D eigenvalue weighted by atomic mass is 9.95. The monoisotopic (exact) mass is 291 g/mol. The third-order valence-corrected chi connectivity index (χ3v) is 3.06. The van der Waals surface area contributed by atoms with Crippen LogP contribution in [0.1, 0.15) is 39.2 Å². The molecule has 5 nitrogen and oxygen atoms in total. The first-order chi connectivity index (χ1) is 9.74. The summed E-state index contributed by atoms with van der Waals surface area (Å²) in [7, 11) is 0. The number of hydrogen-bond acceptors (Lipinski definition) is 3. The first-order valence-corrected chi connectivity index (χ1v) is 7.16. The van der Waals surface area contributed by atoms with Gasteiger partial charge in [-0.3, -0.25) is 9.59 Å². The number of carbonyl (C=O) groups excluding carboxylic acids is 2. The maximum absolute atomic E-state index is 12.0. The molecule has 0 unspecified atom stereocenters. The van der Waals surface area contributed by atoms with Gasteiger partial charge in [-0.1, -0.05) is 26.8 Å². The summed E-state index contributed by atoms with van der Waals surface area (Å²) in [6, 6.07) is 5.47. The van der Waals surface area contributed by atoms with Crippen LogP contribution < -0.4 is 16.4 Å². The van der Waals surface area contributed by atoms with Gasteiger partial charge < -0.3 is 16.4 Å². The Morgan fingerprint density at radius 1 is 1.19 bits per heavy atom. The van der Waals surface area contributed by atoms with Crippen molar-refractivity contribution in [2.75, 3.05) is 17.2 Å². The fourth-order valence-corrected chi connectivity index (χ4v) is 1.63. The van der Waals surface area contributed by atoms with E-state index in [1.807, 2.05) is 39.8 Å². The van der Waals surface area contributed by atoms with Crippen LogP contribution in [0.2, 0.25) is 0 Å². The highest BCUT2D eigenvalue weighted by Gasteiger charge is 2.21. The minimum absolute atomic E-state index is 0.0581. The molecule has 0 spiro atoms. The number of benzene rings is 1. The van der Waals surface area contributed by atoms with Crippen LogP contribution >= 0.6 is 0 Å². The summed E-state index contributed by atoms with van der Waals surface area (Å²) in [4.78, 5) is 23.7. The third-order valence-electron chi connectivity index (χ3n) is 3.06. The van der Waals surface area contributed by atoms with E-state index < -0.39 is 5.41 Å². The van der Waals surface area contributed by atoms with Gasteiger partial charge in [-0.2, -0.15) is 0 Å². The maximum atomic E-state index is 12.0. The molecule has 0 saturated heterocycles. The summed E-state index contributed by atoms with van der Waals surface area (Å²) in [5, 5.41) is 5.71. The molecule has 5 heteroatoms. The average Bonchev–Trinajstić information content (AvgIpc) is 2.39. The van der Waals surface area contributed by atoms with Crippen molar-refractivity contribution in [2.24, 2.45) is 11.1 Å². The zero-order valence-corrected chi connectivity index (χ0v) is 13.2. The SMILES string of the molecule is Cc1ccc(NC(=O)CCCN)cc1NC(=O)C(C)(C)C. The number of rotatable bonds is 5. The van der Waals surface area contributed by atoms with Crippen molar-refractivity contribution in [3.8, 4) is 0 Å². The van der Waals surface area contributed by atoms with Crippen molar-refractivity contribution in [3.05, 3.63) is 23.8 Å². The zero-order valence-electron chi connectivity index (χ0n) is 13.2. The van der Waals surface area contributed by atoms with E-state index in [4.69, 9.17) is 5.73 Å². The number of nitrogens with two attached hydrogens (primary N) is 1. The van der Waals surface area contributed by atoms with Crippen LogP contribution in [0.3, 0.4) is 0 Å². The molecule has 21 heavy (non-hydrogen) atoms. The van der Waals surface area contributed by atoms with Crippen LogP contribution in [-0.4, -0.2) is 18.4 Å². The Labute approximate surface area is 126 Å². The molecule has 0 heterocycles.